The van der Waals surface area contributed by atoms with Crippen LogP contribution in [-0.4, -0.2) is 15.9 Å². The van der Waals surface area contributed by atoms with Crippen molar-refractivity contribution in [2.45, 2.75) is 6.42 Å². The van der Waals surface area contributed by atoms with Crippen molar-refractivity contribution < 1.29 is 9.53 Å². The number of H-pyrrole nitrogens is 1. The minimum atomic E-state index is -0.360. The Morgan fingerprint density at radius 3 is 2.29 bits per heavy atom. The Bertz CT molecular complexity index is 1240. The van der Waals surface area contributed by atoms with Gasteiger partial charge in [0.25, 0.3) is 5.56 Å². The van der Waals surface area contributed by atoms with E-state index in [9.17, 15) is 9.59 Å². The molecule has 0 saturated carbocycles. The summed E-state index contributed by atoms with van der Waals surface area (Å²) in [5, 5.41) is 3.37. The van der Waals surface area contributed by atoms with Crippen molar-refractivity contribution in [2.75, 3.05) is 5.32 Å². The number of nitrogens with zero attached hydrogens (tertiary/aromatic N) is 1. The number of benzene rings is 3. The van der Waals surface area contributed by atoms with Crippen LogP contribution in [0.2, 0.25) is 5.02 Å². The molecule has 1 amide bonds. The topological polar surface area (TPSA) is 84.1 Å². The highest BCUT2D eigenvalue weighted by Crippen LogP contribution is 2.22. The van der Waals surface area contributed by atoms with E-state index in [0.29, 0.717) is 22.3 Å². The molecule has 0 aliphatic carbocycles. The zero-order valence-corrected chi connectivity index (χ0v) is 17.1. The highest BCUT2D eigenvalue weighted by Gasteiger charge is 2.10. The summed E-state index contributed by atoms with van der Waals surface area (Å²) in [6.07, 6.45) is 1.32. The fourth-order valence-corrected chi connectivity index (χ4v) is 3.04. The smallest absolute Gasteiger partial charge is 0.254 e. The summed E-state index contributed by atoms with van der Waals surface area (Å²) in [7, 11) is 0. The van der Waals surface area contributed by atoms with Gasteiger partial charge in [-0.05, 0) is 60.7 Å². The first-order valence-electron chi connectivity index (χ1n) is 9.54. The molecule has 6 nitrogen and oxygen atoms in total. The molecule has 1 aromatic heterocycles. The summed E-state index contributed by atoms with van der Waals surface area (Å²) in [6, 6.07) is 23.4. The second kappa shape index (κ2) is 9.28. The van der Waals surface area contributed by atoms with Gasteiger partial charge in [-0.2, -0.15) is 0 Å². The third-order valence-corrected chi connectivity index (χ3v) is 4.71. The van der Waals surface area contributed by atoms with Crippen molar-refractivity contribution in [1.82, 2.24) is 9.97 Å². The SMILES string of the molecule is O=C(Cc1cnc(-c2ccc(Cl)cc2)[nH]c1=O)Nc1ccc(Oc2ccccc2)cc1. The molecule has 0 spiro atoms. The van der Waals surface area contributed by atoms with Crippen molar-refractivity contribution in [1.29, 1.82) is 0 Å². The maximum absolute atomic E-state index is 12.4. The number of hydrogen-bond donors (Lipinski definition) is 2. The Hall–Kier alpha value is -3.90. The van der Waals surface area contributed by atoms with Crippen molar-refractivity contribution in [3.8, 4) is 22.9 Å². The number of ether oxygens (including phenoxy) is 1. The van der Waals surface area contributed by atoms with Crippen molar-refractivity contribution >= 4 is 23.2 Å². The molecule has 2 N–H and O–H groups in total. The molecule has 0 fully saturated rings. The van der Waals surface area contributed by atoms with Crippen LogP contribution in [0.1, 0.15) is 5.56 Å². The Kier molecular flexibility index (Phi) is 6.10. The minimum absolute atomic E-state index is 0.0918. The summed E-state index contributed by atoms with van der Waals surface area (Å²) < 4.78 is 5.73. The van der Waals surface area contributed by atoms with Gasteiger partial charge in [0.05, 0.1) is 6.42 Å². The monoisotopic (exact) mass is 431 g/mol. The van der Waals surface area contributed by atoms with Gasteiger partial charge in [-0.3, -0.25) is 9.59 Å². The Balaban J connectivity index is 1.38. The Labute approximate surface area is 183 Å². The molecular weight excluding hydrogens is 414 g/mol. The lowest BCUT2D eigenvalue weighted by molar-refractivity contribution is -0.115. The van der Waals surface area contributed by atoms with Gasteiger partial charge in [0.2, 0.25) is 5.91 Å². The molecule has 0 aliphatic heterocycles. The molecule has 31 heavy (non-hydrogen) atoms. The predicted octanol–water partition coefficient (Wildman–Crippen LogP) is 5.06. The third-order valence-electron chi connectivity index (χ3n) is 4.46. The Morgan fingerprint density at radius 1 is 0.935 bits per heavy atom. The highest BCUT2D eigenvalue weighted by molar-refractivity contribution is 6.30. The number of aromatic amines is 1. The fraction of sp³-hybridized carbons (Fsp3) is 0.0417. The summed E-state index contributed by atoms with van der Waals surface area (Å²) >= 11 is 5.88. The van der Waals surface area contributed by atoms with E-state index in [1.807, 2.05) is 30.3 Å². The first-order chi connectivity index (χ1) is 15.1. The molecule has 0 saturated heterocycles. The number of amides is 1. The summed E-state index contributed by atoms with van der Waals surface area (Å²) in [5.41, 5.74) is 1.25. The lowest BCUT2D eigenvalue weighted by Gasteiger charge is -2.08. The van der Waals surface area contributed by atoms with Gasteiger partial charge in [-0.25, -0.2) is 4.98 Å². The number of halogens is 1. The van der Waals surface area contributed by atoms with Crippen LogP contribution >= 0.6 is 11.6 Å². The van der Waals surface area contributed by atoms with Gasteiger partial charge >= 0.3 is 0 Å². The normalized spacial score (nSPS) is 10.5. The molecule has 0 aliphatic rings. The summed E-state index contributed by atoms with van der Waals surface area (Å²) in [4.78, 5) is 31.7. The van der Waals surface area contributed by atoms with E-state index in [1.165, 1.54) is 6.20 Å². The molecule has 0 radical (unpaired) electrons. The minimum Gasteiger partial charge on any atom is -0.457 e. The van der Waals surface area contributed by atoms with Crippen molar-refractivity contribution in [3.05, 3.63) is 106 Å². The number of nitrogens with one attached hydrogen (secondary N) is 2. The average Bonchev–Trinajstić information content (AvgIpc) is 2.78. The number of hydrogen-bond acceptors (Lipinski definition) is 4. The predicted molar refractivity (Wildman–Crippen MR) is 121 cm³/mol. The van der Waals surface area contributed by atoms with Crippen molar-refractivity contribution in [2.24, 2.45) is 0 Å². The molecule has 4 rings (SSSR count). The zero-order chi connectivity index (χ0) is 21.6. The van der Waals surface area contributed by atoms with E-state index in [4.69, 9.17) is 16.3 Å². The molecule has 4 aromatic rings. The first kappa shape index (κ1) is 20.4. The molecule has 0 atom stereocenters. The van der Waals surface area contributed by atoms with E-state index >= 15 is 0 Å². The van der Waals surface area contributed by atoms with Gasteiger partial charge in [0.15, 0.2) is 0 Å². The zero-order valence-electron chi connectivity index (χ0n) is 16.3. The lowest BCUT2D eigenvalue weighted by atomic mass is 10.2. The molecule has 154 valence electrons. The Morgan fingerprint density at radius 2 is 1.61 bits per heavy atom. The molecule has 0 bridgehead atoms. The number of rotatable bonds is 6. The number of carbonyl (C=O) groups is 1. The molecule has 7 heteroatoms. The van der Waals surface area contributed by atoms with Gasteiger partial charge < -0.3 is 15.0 Å². The number of anilines is 1. The standard InChI is InChI=1S/C24H18ClN3O3/c25-18-8-6-16(7-9-18)23-26-15-17(24(30)28-23)14-22(29)27-19-10-12-21(13-11-19)31-20-4-2-1-3-5-20/h1-13,15H,14H2,(H,27,29)(H,26,28,30). The second-order valence-corrected chi connectivity index (χ2v) is 7.19. The quantitative estimate of drug-likeness (QED) is 0.446. The van der Waals surface area contributed by atoms with E-state index in [1.54, 1.807) is 48.5 Å². The molecule has 0 unspecified atom stereocenters. The van der Waals surface area contributed by atoms with E-state index in [-0.39, 0.29) is 23.5 Å². The van der Waals surface area contributed by atoms with Crippen LogP contribution in [0.25, 0.3) is 11.4 Å². The van der Waals surface area contributed by atoms with Crippen molar-refractivity contribution in [3.63, 3.8) is 0 Å². The van der Waals surface area contributed by atoms with Gasteiger partial charge in [0, 0.05) is 28.0 Å². The van der Waals surface area contributed by atoms with Crippen LogP contribution < -0.4 is 15.6 Å². The maximum Gasteiger partial charge on any atom is 0.254 e. The molecule has 1 heterocycles. The van der Waals surface area contributed by atoms with E-state index < -0.39 is 0 Å². The fourth-order valence-electron chi connectivity index (χ4n) is 2.91. The number of aromatic nitrogens is 2. The second-order valence-electron chi connectivity index (χ2n) is 6.76. The summed E-state index contributed by atoms with van der Waals surface area (Å²) in [6.45, 7) is 0. The van der Waals surface area contributed by atoms with Crippen LogP contribution in [-0.2, 0) is 11.2 Å². The van der Waals surface area contributed by atoms with Crippen LogP contribution in [0, 0.1) is 0 Å². The third kappa shape index (κ3) is 5.38. The van der Waals surface area contributed by atoms with Crippen LogP contribution in [0.15, 0.2) is 89.9 Å². The van der Waals surface area contributed by atoms with Gasteiger partial charge in [-0.1, -0.05) is 29.8 Å². The van der Waals surface area contributed by atoms with Crippen LogP contribution in [0.3, 0.4) is 0 Å². The molecule has 3 aromatic carbocycles. The number of para-hydroxylation sites is 1. The lowest BCUT2D eigenvalue weighted by Crippen LogP contribution is -2.22. The van der Waals surface area contributed by atoms with Gasteiger partial charge in [-0.15, -0.1) is 0 Å². The highest BCUT2D eigenvalue weighted by atomic mass is 35.5. The maximum atomic E-state index is 12.4. The van der Waals surface area contributed by atoms with E-state index in [2.05, 4.69) is 15.3 Å². The van der Waals surface area contributed by atoms with Crippen LogP contribution in [0.5, 0.6) is 11.5 Å². The van der Waals surface area contributed by atoms with E-state index in [0.717, 1.165) is 11.3 Å². The first-order valence-corrected chi connectivity index (χ1v) is 9.91. The van der Waals surface area contributed by atoms with Gasteiger partial charge in [0.1, 0.15) is 17.3 Å². The van der Waals surface area contributed by atoms with Crippen LogP contribution in [0.4, 0.5) is 5.69 Å². The summed E-state index contributed by atoms with van der Waals surface area (Å²) in [5.74, 6) is 1.48. The number of carbonyl (C=O) groups excluding carboxylic acids is 1. The average molecular weight is 432 g/mol. The largest absolute Gasteiger partial charge is 0.457 e. The molecular formula is C24H18ClN3O3.